The van der Waals surface area contributed by atoms with Gasteiger partial charge in [0.2, 0.25) is 0 Å². The molecule has 0 spiro atoms. The van der Waals surface area contributed by atoms with Gasteiger partial charge in [0.15, 0.2) is 0 Å². The second-order valence-corrected chi connectivity index (χ2v) is 7.04. The Morgan fingerprint density at radius 2 is 2.00 bits per heavy atom. The summed E-state index contributed by atoms with van der Waals surface area (Å²) in [4.78, 5) is 19.8. The van der Waals surface area contributed by atoms with E-state index in [0.717, 1.165) is 18.5 Å². The Kier molecular flexibility index (Phi) is 6.24. The second kappa shape index (κ2) is 9.59. The number of imidazole rings is 1. The van der Waals surface area contributed by atoms with Crippen LogP contribution in [0.5, 0.6) is 0 Å². The van der Waals surface area contributed by atoms with Crippen LogP contribution in [-0.2, 0) is 6.42 Å². The summed E-state index contributed by atoms with van der Waals surface area (Å²) in [7, 11) is 0. The SMILES string of the molecule is O=C(NCCCc1cc[nH]c1)c1ccc(-n2ccnc2)c(C#Cc2ccc(F)cc2)c1. The third-order valence-corrected chi connectivity index (χ3v) is 4.82. The molecule has 2 aromatic carbocycles. The van der Waals surface area contributed by atoms with Gasteiger partial charge in [0.1, 0.15) is 5.82 Å². The summed E-state index contributed by atoms with van der Waals surface area (Å²) in [5.74, 6) is 5.71. The number of carbonyl (C=O) groups excluding carboxylic acids is 1. The van der Waals surface area contributed by atoms with E-state index in [4.69, 9.17) is 0 Å². The summed E-state index contributed by atoms with van der Waals surface area (Å²) < 4.78 is 15.0. The van der Waals surface area contributed by atoms with E-state index in [1.807, 2.05) is 35.3 Å². The number of hydrogen-bond donors (Lipinski definition) is 2. The average molecular weight is 412 g/mol. The van der Waals surface area contributed by atoms with E-state index in [2.05, 4.69) is 27.1 Å². The summed E-state index contributed by atoms with van der Waals surface area (Å²) in [6, 6.07) is 13.4. The van der Waals surface area contributed by atoms with Crippen LogP contribution in [0.1, 0.15) is 33.5 Å². The number of halogens is 1. The highest BCUT2D eigenvalue weighted by atomic mass is 19.1. The maximum Gasteiger partial charge on any atom is 0.251 e. The quantitative estimate of drug-likeness (QED) is 0.370. The zero-order valence-corrected chi connectivity index (χ0v) is 16.8. The minimum absolute atomic E-state index is 0.143. The fourth-order valence-corrected chi connectivity index (χ4v) is 3.19. The van der Waals surface area contributed by atoms with Crippen LogP contribution in [0.4, 0.5) is 4.39 Å². The van der Waals surface area contributed by atoms with Gasteiger partial charge in [-0.05, 0) is 66.9 Å². The molecule has 2 heterocycles. The highest BCUT2D eigenvalue weighted by Gasteiger charge is 2.10. The fourth-order valence-electron chi connectivity index (χ4n) is 3.19. The molecule has 4 aromatic rings. The van der Waals surface area contributed by atoms with Gasteiger partial charge in [-0.1, -0.05) is 11.8 Å². The average Bonchev–Trinajstić information content (AvgIpc) is 3.50. The van der Waals surface area contributed by atoms with Crippen LogP contribution in [-0.4, -0.2) is 27.0 Å². The third-order valence-electron chi connectivity index (χ3n) is 4.82. The molecule has 0 atom stereocenters. The molecule has 6 heteroatoms. The fraction of sp³-hybridized carbons (Fsp3) is 0.120. The van der Waals surface area contributed by atoms with Gasteiger partial charge in [-0.25, -0.2) is 9.37 Å². The van der Waals surface area contributed by atoms with Crippen molar-refractivity contribution in [3.63, 3.8) is 0 Å². The molecule has 0 saturated heterocycles. The van der Waals surface area contributed by atoms with Crippen LogP contribution >= 0.6 is 0 Å². The smallest absolute Gasteiger partial charge is 0.251 e. The molecular weight excluding hydrogens is 391 g/mol. The van der Waals surface area contributed by atoms with Crippen molar-refractivity contribution in [2.45, 2.75) is 12.8 Å². The van der Waals surface area contributed by atoms with Crippen LogP contribution in [0.3, 0.4) is 0 Å². The Bertz CT molecular complexity index is 1200. The molecule has 2 aromatic heterocycles. The van der Waals surface area contributed by atoms with Crippen molar-refractivity contribution < 1.29 is 9.18 Å². The lowest BCUT2D eigenvalue weighted by molar-refractivity contribution is 0.0953. The van der Waals surface area contributed by atoms with E-state index in [-0.39, 0.29) is 11.7 Å². The number of aryl methyl sites for hydroxylation is 1. The maximum absolute atomic E-state index is 13.1. The predicted molar refractivity (Wildman–Crippen MR) is 117 cm³/mol. The largest absolute Gasteiger partial charge is 0.367 e. The topological polar surface area (TPSA) is 62.7 Å². The van der Waals surface area contributed by atoms with E-state index in [1.54, 1.807) is 36.8 Å². The summed E-state index contributed by atoms with van der Waals surface area (Å²) in [5.41, 5.74) is 3.95. The molecule has 0 aliphatic heterocycles. The van der Waals surface area contributed by atoms with Crippen LogP contribution in [0, 0.1) is 17.7 Å². The number of aromatic nitrogens is 3. The van der Waals surface area contributed by atoms with Gasteiger partial charge in [-0.15, -0.1) is 0 Å². The van der Waals surface area contributed by atoms with E-state index in [0.29, 0.717) is 23.2 Å². The molecule has 154 valence electrons. The van der Waals surface area contributed by atoms with Crippen molar-refractivity contribution in [1.82, 2.24) is 19.9 Å². The van der Waals surface area contributed by atoms with Gasteiger partial charge in [0, 0.05) is 48.0 Å². The zero-order valence-electron chi connectivity index (χ0n) is 16.8. The number of amides is 1. The first-order chi connectivity index (χ1) is 15.2. The lowest BCUT2D eigenvalue weighted by atomic mass is 10.1. The Labute approximate surface area is 180 Å². The van der Waals surface area contributed by atoms with Gasteiger partial charge in [-0.3, -0.25) is 4.79 Å². The van der Waals surface area contributed by atoms with E-state index in [1.165, 1.54) is 17.7 Å². The summed E-state index contributed by atoms with van der Waals surface area (Å²) >= 11 is 0. The summed E-state index contributed by atoms with van der Waals surface area (Å²) in [5, 5.41) is 2.96. The maximum atomic E-state index is 13.1. The molecule has 0 bridgehead atoms. The number of nitrogens with one attached hydrogen (secondary N) is 2. The number of hydrogen-bond acceptors (Lipinski definition) is 2. The Morgan fingerprint density at radius 3 is 2.74 bits per heavy atom. The molecule has 0 fully saturated rings. The summed E-state index contributed by atoms with van der Waals surface area (Å²) in [6.07, 6.45) is 10.8. The Balaban J connectivity index is 1.52. The Hall–Kier alpha value is -4.11. The van der Waals surface area contributed by atoms with E-state index < -0.39 is 0 Å². The van der Waals surface area contributed by atoms with E-state index in [9.17, 15) is 9.18 Å². The minimum Gasteiger partial charge on any atom is -0.367 e. The first-order valence-electron chi connectivity index (χ1n) is 9.99. The van der Waals surface area contributed by atoms with Crippen LogP contribution < -0.4 is 5.32 Å². The molecule has 0 radical (unpaired) electrons. The molecule has 0 aliphatic rings. The van der Waals surface area contributed by atoms with Crippen LogP contribution in [0.2, 0.25) is 0 Å². The number of rotatable bonds is 6. The van der Waals surface area contributed by atoms with E-state index >= 15 is 0 Å². The molecule has 1 amide bonds. The summed E-state index contributed by atoms with van der Waals surface area (Å²) in [6.45, 7) is 0.587. The Morgan fingerprint density at radius 1 is 1.13 bits per heavy atom. The van der Waals surface area contributed by atoms with Crippen molar-refractivity contribution in [3.05, 3.63) is 108 Å². The number of aromatic amines is 1. The second-order valence-electron chi connectivity index (χ2n) is 7.04. The molecule has 0 aliphatic carbocycles. The monoisotopic (exact) mass is 412 g/mol. The molecule has 31 heavy (non-hydrogen) atoms. The van der Waals surface area contributed by atoms with Crippen LogP contribution in [0.15, 0.2) is 79.6 Å². The van der Waals surface area contributed by atoms with Gasteiger partial charge in [0.25, 0.3) is 5.91 Å². The normalized spacial score (nSPS) is 10.4. The highest BCUT2D eigenvalue weighted by molar-refractivity contribution is 5.95. The van der Waals surface area contributed by atoms with Gasteiger partial charge in [0.05, 0.1) is 12.0 Å². The molecular formula is C25H21FN4O. The van der Waals surface area contributed by atoms with Crippen molar-refractivity contribution in [3.8, 4) is 17.5 Å². The minimum atomic E-state index is -0.306. The number of H-pyrrole nitrogens is 1. The standard InChI is InChI=1S/C25H21FN4O/c26-23-8-4-19(5-9-23)3-6-21-16-22(7-10-24(21)30-15-14-28-18-30)25(31)29-12-1-2-20-11-13-27-17-20/h4-5,7-11,13-18,27H,1-2,12H2,(H,29,31). The first kappa shape index (κ1) is 20.2. The number of benzene rings is 2. The first-order valence-corrected chi connectivity index (χ1v) is 9.99. The van der Waals surface area contributed by atoms with Crippen LogP contribution in [0.25, 0.3) is 5.69 Å². The lowest BCUT2D eigenvalue weighted by Crippen LogP contribution is -2.24. The highest BCUT2D eigenvalue weighted by Crippen LogP contribution is 2.16. The molecule has 2 N–H and O–H groups in total. The van der Waals surface area contributed by atoms with Gasteiger partial charge >= 0.3 is 0 Å². The van der Waals surface area contributed by atoms with Crippen molar-refractivity contribution in [2.24, 2.45) is 0 Å². The lowest BCUT2D eigenvalue weighted by Gasteiger charge is -2.09. The molecule has 4 rings (SSSR count). The molecule has 0 unspecified atom stereocenters. The van der Waals surface area contributed by atoms with Crippen molar-refractivity contribution in [1.29, 1.82) is 0 Å². The van der Waals surface area contributed by atoms with Gasteiger partial charge < -0.3 is 14.9 Å². The predicted octanol–water partition coefficient (Wildman–Crippen LogP) is 4.10. The molecule has 0 saturated carbocycles. The van der Waals surface area contributed by atoms with Crippen molar-refractivity contribution >= 4 is 5.91 Å². The third kappa shape index (κ3) is 5.28. The molecule has 5 nitrogen and oxygen atoms in total. The van der Waals surface area contributed by atoms with Gasteiger partial charge in [-0.2, -0.15) is 0 Å². The number of nitrogens with zero attached hydrogens (tertiary/aromatic N) is 2. The van der Waals surface area contributed by atoms with Crippen molar-refractivity contribution in [2.75, 3.05) is 6.54 Å². The zero-order chi connectivity index (χ0) is 21.5. The number of carbonyl (C=O) groups is 1.